The van der Waals surface area contributed by atoms with Crippen LogP contribution in [0.2, 0.25) is 15.1 Å². The minimum absolute atomic E-state index is 0.192. The average molecular weight is 313 g/mol. The van der Waals surface area contributed by atoms with Gasteiger partial charge in [-0.05, 0) is 23.8 Å². The molecule has 1 aromatic carbocycles. The van der Waals surface area contributed by atoms with Gasteiger partial charge in [0.05, 0.1) is 38.9 Å². The molecule has 0 aliphatic rings. The number of rotatable bonds is 2. The van der Waals surface area contributed by atoms with E-state index in [4.69, 9.17) is 45.8 Å². The summed E-state index contributed by atoms with van der Waals surface area (Å²) in [5.74, 6) is 0. The van der Waals surface area contributed by atoms with Gasteiger partial charge in [-0.15, -0.1) is 0 Å². The Kier molecular flexibility index (Phi) is 4.16. The molecule has 1 heterocycles. The molecule has 0 spiro atoms. The second-order valence-corrected chi connectivity index (χ2v) is 4.98. The molecule has 0 amide bonds. The van der Waals surface area contributed by atoms with Crippen LogP contribution in [0.15, 0.2) is 24.4 Å². The molecule has 0 unspecified atom stereocenters. The number of hydrogen-bond donors (Lipinski definition) is 1. The van der Waals surface area contributed by atoms with E-state index in [1.165, 1.54) is 0 Å². The highest BCUT2D eigenvalue weighted by atomic mass is 35.5. The van der Waals surface area contributed by atoms with Gasteiger partial charge in [0.25, 0.3) is 0 Å². The third kappa shape index (κ3) is 2.62. The van der Waals surface area contributed by atoms with E-state index >= 15 is 0 Å². The van der Waals surface area contributed by atoms with Crippen molar-refractivity contribution in [2.75, 3.05) is 5.73 Å². The molecule has 6 heteroatoms. The normalized spacial score (nSPS) is 10.2. The summed E-state index contributed by atoms with van der Waals surface area (Å²) in [6, 6.07) is 6.96. The monoisotopic (exact) mass is 311 g/mol. The smallest absolute Gasteiger partial charge is 0.0964 e. The fraction of sp³-hybridized carbons (Fsp3) is 0.0769. The quantitative estimate of drug-likeness (QED) is 0.838. The SMILES string of the molecule is N#CCc1ccnc(-c2c(Cl)ccc(Cl)c2Cl)c1N. The van der Waals surface area contributed by atoms with Crippen molar-refractivity contribution in [3.63, 3.8) is 0 Å². The maximum Gasteiger partial charge on any atom is 0.0964 e. The van der Waals surface area contributed by atoms with Gasteiger partial charge in [0.2, 0.25) is 0 Å². The highest BCUT2D eigenvalue weighted by molar-refractivity contribution is 6.46. The van der Waals surface area contributed by atoms with E-state index in [1.807, 2.05) is 6.07 Å². The van der Waals surface area contributed by atoms with Crippen molar-refractivity contribution in [2.24, 2.45) is 0 Å². The lowest BCUT2D eigenvalue weighted by Crippen LogP contribution is -2.00. The predicted molar refractivity (Wildman–Crippen MR) is 78.4 cm³/mol. The average Bonchev–Trinajstić information content (AvgIpc) is 2.39. The summed E-state index contributed by atoms with van der Waals surface area (Å²) in [5.41, 5.74) is 8.00. The Bertz CT molecular complexity index is 678. The number of halogens is 3. The molecule has 0 saturated heterocycles. The van der Waals surface area contributed by atoms with E-state index in [0.29, 0.717) is 37.6 Å². The Morgan fingerprint density at radius 1 is 1.16 bits per heavy atom. The van der Waals surface area contributed by atoms with E-state index in [2.05, 4.69) is 4.98 Å². The van der Waals surface area contributed by atoms with Gasteiger partial charge in [0, 0.05) is 11.8 Å². The standard InChI is InChI=1S/C13H8Cl3N3/c14-8-1-2-9(15)11(16)10(8)13-12(18)7(3-5-17)4-6-19-13/h1-2,4,6H,3,18H2. The molecule has 0 fully saturated rings. The van der Waals surface area contributed by atoms with E-state index < -0.39 is 0 Å². The molecule has 2 rings (SSSR count). The summed E-state index contributed by atoms with van der Waals surface area (Å²) < 4.78 is 0. The third-order valence-corrected chi connectivity index (χ3v) is 3.75. The highest BCUT2D eigenvalue weighted by Crippen LogP contribution is 2.40. The molecule has 2 N–H and O–H groups in total. The van der Waals surface area contributed by atoms with Crippen LogP contribution in [0.1, 0.15) is 5.56 Å². The molecule has 1 aromatic heterocycles. The molecular formula is C13H8Cl3N3. The predicted octanol–water partition coefficient (Wildman–Crippen LogP) is 4.36. The number of aromatic nitrogens is 1. The second-order valence-electron chi connectivity index (χ2n) is 3.79. The summed E-state index contributed by atoms with van der Waals surface area (Å²) in [4.78, 5) is 4.19. The van der Waals surface area contributed by atoms with Gasteiger partial charge in [0.1, 0.15) is 0 Å². The molecular weight excluding hydrogens is 305 g/mol. The van der Waals surface area contributed by atoms with E-state index in [-0.39, 0.29) is 6.42 Å². The number of pyridine rings is 1. The van der Waals surface area contributed by atoms with Crippen LogP contribution >= 0.6 is 34.8 Å². The van der Waals surface area contributed by atoms with Crippen molar-refractivity contribution in [1.29, 1.82) is 5.26 Å². The van der Waals surface area contributed by atoms with Gasteiger partial charge in [-0.25, -0.2) is 0 Å². The Labute approximate surface area is 125 Å². The van der Waals surface area contributed by atoms with Crippen molar-refractivity contribution >= 4 is 40.5 Å². The van der Waals surface area contributed by atoms with Crippen LogP contribution in [-0.2, 0) is 6.42 Å². The Balaban J connectivity index is 2.70. The largest absolute Gasteiger partial charge is 0.397 e. The first-order valence-corrected chi connectivity index (χ1v) is 6.43. The molecule has 19 heavy (non-hydrogen) atoms. The second kappa shape index (κ2) is 5.66. The molecule has 96 valence electrons. The summed E-state index contributed by atoms with van der Waals surface area (Å²) in [7, 11) is 0. The maximum atomic E-state index is 8.76. The number of benzene rings is 1. The van der Waals surface area contributed by atoms with Crippen LogP contribution in [0.25, 0.3) is 11.3 Å². The first-order valence-electron chi connectivity index (χ1n) is 5.30. The van der Waals surface area contributed by atoms with E-state index in [1.54, 1.807) is 24.4 Å². The number of nitrogens with zero attached hydrogens (tertiary/aromatic N) is 2. The summed E-state index contributed by atoms with van der Waals surface area (Å²) in [6.07, 6.45) is 1.75. The fourth-order valence-electron chi connectivity index (χ4n) is 1.70. The zero-order valence-corrected chi connectivity index (χ0v) is 11.9. The lowest BCUT2D eigenvalue weighted by molar-refractivity contribution is 1.22. The van der Waals surface area contributed by atoms with E-state index in [9.17, 15) is 0 Å². The van der Waals surface area contributed by atoms with Gasteiger partial charge < -0.3 is 5.73 Å². The molecule has 0 saturated carbocycles. The number of nitrogens with two attached hydrogens (primary N) is 1. The van der Waals surface area contributed by atoms with Gasteiger partial charge in [-0.2, -0.15) is 5.26 Å². The zero-order chi connectivity index (χ0) is 14.0. The van der Waals surface area contributed by atoms with Crippen LogP contribution in [-0.4, -0.2) is 4.98 Å². The van der Waals surface area contributed by atoms with Crippen LogP contribution in [0.4, 0.5) is 5.69 Å². The summed E-state index contributed by atoms with van der Waals surface area (Å²) >= 11 is 18.3. The van der Waals surface area contributed by atoms with Crippen LogP contribution in [0.3, 0.4) is 0 Å². The number of nitrogen functional groups attached to an aromatic ring is 1. The molecule has 2 aromatic rings. The molecule has 0 radical (unpaired) electrons. The van der Waals surface area contributed by atoms with Gasteiger partial charge in [0.15, 0.2) is 0 Å². The maximum absolute atomic E-state index is 8.76. The van der Waals surface area contributed by atoms with Crippen molar-refractivity contribution in [1.82, 2.24) is 4.98 Å². The molecule has 0 bridgehead atoms. The molecule has 3 nitrogen and oxygen atoms in total. The lowest BCUT2D eigenvalue weighted by Gasteiger charge is -2.12. The van der Waals surface area contributed by atoms with Gasteiger partial charge in [-0.1, -0.05) is 34.8 Å². The Morgan fingerprint density at radius 2 is 1.84 bits per heavy atom. The van der Waals surface area contributed by atoms with Crippen molar-refractivity contribution < 1.29 is 0 Å². The van der Waals surface area contributed by atoms with Crippen LogP contribution in [0, 0.1) is 11.3 Å². The fourth-order valence-corrected chi connectivity index (χ4v) is 2.40. The van der Waals surface area contributed by atoms with Crippen LogP contribution < -0.4 is 5.73 Å². The number of nitriles is 1. The number of anilines is 1. The summed E-state index contributed by atoms with van der Waals surface area (Å²) in [6.45, 7) is 0. The van der Waals surface area contributed by atoms with Crippen molar-refractivity contribution in [2.45, 2.75) is 6.42 Å². The Hall–Kier alpha value is -1.47. The van der Waals surface area contributed by atoms with Crippen molar-refractivity contribution in [3.05, 3.63) is 45.0 Å². The zero-order valence-electron chi connectivity index (χ0n) is 9.62. The number of hydrogen-bond acceptors (Lipinski definition) is 3. The van der Waals surface area contributed by atoms with Gasteiger partial charge >= 0.3 is 0 Å². The first-order chi connectivity index (χ1) is 9.06. The first kappa shape index (κ1) is 14.0. The lowest BCUT2D eigenvalue weighted by atomic mass is 10.0. The van der Waals surface area contributed by atoms with Crippen molar-refractivity contribution in [3.8, 4) is 17.3 Å². The van der Waals surface area contributed by atoms with Crippen LogP contribution in [0.5, 0.6) is 0 Å². The Morgan fingerprint density at radius 3 is 2.53 bits per heavy atom. The summed E-state index contributed by atoms with van der Waals surface area (Å²) in [5, 5.41) is 9.83. The van der Waals surface area contributed by atoms with Gasteiger partial charge in [-0.3, -0.25) is 4.98 Å². The molecule has 0 atom stereocenters. The van der Waals surface area contributed by atoms with E-state index in [0.717, 1.165) is 0 Å². The minimum atomic E-state index is 0.192. The highest BCUT2D eigenvalue weighted by Gasteiger charge is 2.17. The molecule has 0 aliphatic carbocycles. The topological polar surface area (TPSA) is 62.7 Å². The molecule has 0 aliphatic heterocycles. The third-order valence-electron chi connectivity index (χ3n) is 2.63. The minimum Gasteiger partial charge on any atom is -0.397 e.